The maximum absolute atomic E-state index is 9.00. The zero-order valence-corrected chi connectivity index (χ0v) is 22.2. The Bertz CT molecular complexity index is 1620. The number of carboxylic acids is 1. The Hall–Kier alpha value is -4.99. The first-order valence-corrected chi connectivity index (χ1v) is 13.4. The Kier molecular flexibility index (Phi) is 6.96. The molecular formula is C30H30N8O2. The molecule has 0 amide bonds. The molecule has 0 unspecified atom stereocenters. The standard InChI is InChI=1S/C28H26N8.C2H4O2/c1-7-29-27(30-8-1)17-3-5-19-21(13-33-23(19)11-17)25-15-36-26(16-35-25)22-14-34-24-12-18(4-6-20(22)24)28-31-9-2-10-32-28;1-2(3)4/h3-6,11-16,33-34H,1-2,7-10H2,(H,29,30)(H,31,32);1H3,(H,3,4). The van der Waals surface area contributed by atoms with Crippen LogP contribution in [0.2, 0.25) is 0 Å². The van der Waals surface area contributed by atoms with Crippen LogP contribution in [-0.2, 0) is 4.79 Å². The molecule has 40 heavy (non-hydrogen) atoms. The van der Waals surface area contributed by atoms with E-state index in [9.17, 15) is 0 Å². The van der Waals surface area contributed by atoms with Crippen molar-refractivity contribution in [2.75, 3.05) is 26.2 Å². The van der Waals surface area contributed by atoms with Gasteiger partial charge in [-0.25, -0.2) is 0 Å². The summed E-state index contributed by atoms with van der Waals surface area (Å²) in [5, 5.41) is 16.4. The normalized spacial score (nSPS) is 14.9. The zero-order chi connectivity index (χ0) is 27.5. The molecule has 0 radical (unpaired) electrons. The summed E-state index contributed by atoms with van der Waals surface area (Å²) < 4.78 is 0. The van der Waals surface area contributed by atoms with Gasteiger partial charge in [-0.2, -0.15) is 0 Å². The number of amidine groups is 2. The van der Waals surface area contributed by atoms with Crippen molar-refractivity contribution in [3.8, 4) is 22.5 Å². The second-order valence-corrected chi connectivity index (χ2v) is 9.75. The molecule has 2 aliphatic rings. The highest BCUT2D eigenvalue weighted by Gasteiger charge is 2.15. The van der Waals surface area contributed by atoms with Gasteiger partial charge in [0.1, 0.15) is 11.7 Å². The number of aliphatic imine (C=N–C) groups is 2. The summed E-state index contributed by atoms with van der Waals surface area (Å²) in [6.45, 7) is 4.78. The summed E-state index contributed by atoms with van der Waals surface area (Å²) in [6.07, 6.45) is 9.88. The second-order valence-electron chi connectivity index (χ2n) is 9.75. The molecule has 10 heteroatoms. The molecule has 7 rings (SSSR count). The number of hydrogen-bond donors (Lipinski definition) is 5. The molecule has 5 aromatic rings. The number of nitrogens with one attached hydrogen (secondary N) is 4. The minimum absolute atomic E-state index is 0.833. The maximum atomic E-state index is 9.00. The van der Waals surface area contributed by atoms with Gasteiger partial charge < -0.3 is 25.7 Å². The molecular weight excluding hydrogens is 504 g/mol. The van der Waals surface area contributed by atoms with Gasteiger partial charge in [0.15, 0.2) is 0 Å². The molecule has 0 saturated carbocycles. The van der Waals surface area contributed by atoms with E-state index in [1.165, 1.54) is 0 Å². The highest BCUT2D eigenvalue weighted by molar-refractivity contribution is 6.05. The minimum Gasteiger partial charge on any atom is -0.481 e. The van der Waals surface area contributed by atoms with E-state index in [0.29, 0.717) is 0 Å². The number of hydrogen-bond acceptors (Lipinski definition) is 7. The molecule has 3 aromatic heterocycles. The lowest BCUT2D eigenvalue weighted by Crippen LogP contribution is -2.30. The van der Waals surface area contributed by atoms with Crippen LogP contribution in [0.1, 0.15) is 30.9 Å². The third-order valence-corrected chi connectivity index (χ3v) is 6.91. The Morgan fingerprint density at radius 2 is 1.20 bits per heavy atom. The number of carbonyl (C=O) groups is 1. The average Bonchev–Trinajstić information content (AvgIpc) is 3.62. The first kappa shape index (κ1) is 25.3. The van der Waals surface area contributed by atoms with E-state index in [0.717, 1.165) is 113 Å². The van der Waals surface area contributed by atoms with Crippen LogP contribution in [0, 0.1) is 0 Å². The second kappa shape index (κ2) is 11.0. The van der Waals surface area contributed by atoms with Crippen LogP contribution in [-0.4, -0.2) is 68.9 Å². The van der Waals surface area contributed by atoms with Crippen LogP contribution in [0.25, 0.3) is 44.3 Å². The van der Waals surface area contributed by atoms with Crippen LogP contribution in [0.3, 0.4) is 0 Å². The van der Waals surface area contributed by atoms with Crippen LogP contribution >= 0.6 is 0 Å². The van der Waals surface area contributed by atoms with Crippen molar-refractivity contribution >= 4 is 39.4 Å². The van der Waals surface area contributed by atoms with Gasteiger partial charge in [-0.1, -0.05) is 24.3 Å². The van der Waals surface area contributed by atoms with Gasteiger partial charge in [0.05, 0.1) is 23.8 Å². The van der Waals surface area contributed by atoms with Crippen molar-refractivity contribution in [2.45, 2.75) is 19.8 Å². The molecule has 5 heterocycles. The smallest absolute Gasteiger partial charge is 0.300 e. The fourth-order valence-electron chi connectivity index (χ4n) is 5.03. The fraction of sp³-hybridized carbons (Fsp3) is 0.233. The van der Waals surface area contributed by atoms with Gasteiger partial charge in [-0.15, -0.1) is 0 Å². The number of aromatic amines is 2. The van der Waals surface area contributed by atoms with E-state index in [1.54, 1.807) is 0 Å². The Morgan fingerprint density at radius 3 is 1.57 bits per heavy atom. The first-order chi connectivity index (χ1) is 19.6. The number of aromatic nitrogens is 4. The van der Waals surface area contributed by atoms with Gasteiger partial charge in [0.25, 0.3) is 5.97 Å². The van der Waals surface area contributed by atoms with E-state index in [-0.39, 0.29) is 0 Å². The summed E-state index contributed by atoms with van der Waals surface area (Å²) in [7, 11) is 0. The Morgan fingerprint density at radius 1 is 0.750 bits per heavy atom. The summed E-state index contributed by atoms with van der Waals surface area (Å²) in [5.74, 6) is 1.11. The van der Waals surface area contributed by atoms with Crippen molar-refractivity contribution in [1.29, 1.82) is 0 Å². The third kappa shape index (κ3) is 5.15. The Labute approximate surface area is 230 Å². The van der Waals surface area contributed by atoms with Crippen LogP contribution in [0.15, 0.2) is 71.2 Å². The number of fused-ring (bicyclic) bond motifs is 2. The molecule has 0 bridgehead atoms. The third-order valence-electron chi connectivity index (χ3n) is 6.91. The monoisotopic (exact) mass is 534 g/mol. The topological polar surface area (TPSA) is 143 Å². The average molecular weight is 535 g/mol. The predicted octanol–water partition coefficient (Wildman–Crippen LogP) is 4.34. The molecule has 0 spiro atoms. The zero-order valence-electron chi connectivity index (χ0n) is 22.2. The van der Waals surface area contributed by atoms with Crippen molar-refractivity contribution in [2.24, 2.45) is 9.98 Å². The molecule has 10 nitrogen and oxygen atoms in total. The SMILES string of the molecule is CC(=O)O.c1cc2c(-c3cnc(-c4c[nH]c5cc(C6=NCCCN6)ccc45)cn3)c[nH]c2cc1C1=NCCCN1. The van der Waals surface area contributed by atoms with Crippen LogP contribution in [0.5, 0.6) is 0 Å². The first-order valence-electron chi connectivity index (χ1n) is 13.4. The molecule has 0 fully saturated rings. The van der Waals surface area contributed by atoms with E-state index in [2.05, 4.69) is 67.0 Å². The maximum Gasteiger partial charge on any atom is 0.300 e. The van der Waals surface area contributed by atoms with Gasteiger partial charge in [0.2, 0.25) is 0 Å². The Balaban J connectivity index is 0.000000680. The summed E-state index contributed by atoms with van der Waals surface area (Å²) in [4.78, 5) is 34.6. The number of rotatable bonds is 4. The van der Waals surface area contributed by atoms with E-state index < -0.39 is 5.97 Å². The predicted molar refractivity (Wildman–Crippen MR) is 158 cm³/mol. The molecule has 0 aliphatic carbocycles. The van der Waals surface area contributed by atoms with Crippen molar-refractivity contribution < 1.29 is 9.90 Å². The van der Waals surface area contributed by atoms with Crippen LogP contribution in [0.4, 0.5) is 0 Å². The van der Waals surface area contributed by atoms with Gasteiger partial charge in [-0.05, 0) is 25.0 Å². The number of carboxylic acid groups (broad SMARTS) is 1. The summed E-state index contributed by atoms with van der Waals surface area (Å²) in [5.41, 5.74) is 8.10. The van der Waals surface area contributed by atoms with E-state index >= 15 is 0 Å². The number of aliphatic carboxylic acids is 1. The highest BCUT2D eigenvalue weighted by Crippen LogP contribution is 2.31. The lowest BCUT2D eigenvalue weighted by atomic mass is 10.1. The molecule has 2 aromatic carbocycles. The van der Waals surface area contributed by atoms with Gasteiger partial charge >= 0.3 is 0 Å². The number of nitrogens with zero attached hydrogens (tertiary/aromatic N) is 4. The van der Waals surface area contributed by atoms with Gasteiger partial charge in [-0.3, -0.25) is 24.7 Å². The highest BCUT2D eigenvalue weighted by atomic mass is 16.4. The minimum atomic E-state index is -0.833. The largest absolute Gasteiger partial charge is 0.481 e. The van der Waals surface area contributed by atoms with Crippen molar-refractivity contribution in [3.63, 3.8) is 0 Å². The van der Waals surface area contributed by atoms with Crippen molar-refractivity contribution in [1.82, 2.24) is 30.6 Å². The summed E-state index contributed by atoms with van der Waals surface area (Å²) in [6, 6.07) is 12.8. The van der Waals surface area contributed by atoms with Crippen molar-refractivity contribution in [3.05, 3.63) is 72.3 Å². The lowest BCUT2D eigenvalue weighted by Gasteiger charge is -2.14. The summed E-state index contributed by atoms with van der Waals surface area (Å²) >= 11 is 0. The molecule has 5 N–H and O–H groups in total. The fourth-order valence-corrected chi connectivity index (χ4v) is 5.03. The number of H-pyrrole nitrogens is 2. The lowest BCUT2D eigenvalue weighted by molar-refractivity contribution is -0.134. The molecule has 0 atom stereocenters. The van der Waals surface area contributed by atoms with E-state index in [1.807, 2.05) is 24.8 Å². The van der Waals surface area contributed by atoms with E-state index in [4.69, 9.17) is 19.9 Å². The molecule has 0 saturated heterocycles. The number of benzene rings is 2. The van der Waals surface area contributed by atoms with Gasteiger partial charge in [0, 0.05) is 89.6 Å². The van der Waals surface area contributed by atoms with Crippen LogP contribution < -0.4 is 10.6 Å². The molecule has 2 aliphatic heterocycles. The quantitative estimate of drug-likeness (QED) is 0.232. The molecule has 202 valence electrons.